The Hall–Kier alpha value is -3.29. The normalized spacial score (nSPS) is 13.5. The van der Waals surface area contributed by atoms with E-state index in [9.17, 15) is 41.8 Å². The van der Waals surface area contributed by atoms with Crippen LogP contribution in [0.3, 0.4) is 0 Å². The minimum Gasteiger partial charge on any atom is -0.394 e. The van der Waals surface area contributed by atoms with Crippen LogP contribution in [-0.2, 0) is 17.9 Å². The molecule has 0 saturated heterocycles. The maximum Gasteiger partial charge on any atom is 0.416 e. The molecule has 1 amide bonds. The van der Waals surface area contributed by atoms with E-state index in [0.717, 1.165) is 12.1 Å². The zero-order chi connectivity index (χ0) is 25.9. The first-order chi connectivity index (χ1) is 16.4. The Balaban J connectivity index is 1.91. The van der Waals surface area contributed by atoms with Crippen LogP contribution in [0.15, 0.2) is 47.3 Å². The van der Waals surface area contributed by atoms with E-state index >= 15 is 0 Å². The maximum absolute atomic E-state index is 14.0. The summed E-state index contributed by atoms with van der Waals surface area (Å²) in [5, 5.41) is 25.4. The number of amides is 1. The standard InChI is InChI=1S/C21H18ClF5N4O4/c22-12-6-4-11(5-7-12)19-29-31(20(35)30(19)8-16(33)21(25,26)27)9-17(34)28-15(10-32)13-2-1-3-14(23)18(13)24/h1-7,15-16,32-33H,8-10H2,(H,28,34). The van der Waals surface area contributed by atoms with Crippen LogP contribution in [-0.4, -0.2) is 49.4 Å². The van der Waals surface area contributed by atoms with Crippen LogP contribution in [0.5, 0.6) is 0 Å². The molecule has 188 valence electrons. The van der Waals surface area contributed by atoms with E-state index in [1.807, 2.05) is 0 Å². The van der Waals surface area contributed by atoms with Crippen molar-refractivity contribution >= 4 is 17.5 Å². The molecule has 0 bridgehead atoms. The molecule has 0 aliphatic heterocycles. The van der Waals surface area contributed by atoms with E-state index in [2.05, 4.69) is 10.4 Å². The van der Waals surface area contributed by atoms with Crippen LogP contribution in [0.25, 0.3) is 11.4 Å². The van der Waals surface area contributed by atoms with Gasteiger partial charge in [-0.3, -0.25) is 9.36 Å². The minimum atomic E-state index is -5.03. The van der Waals surface area contributed by atoms with Crippen molar-refractivity contribution in [3.8, 4) is 11.4 Å². The number of aromatic nitrogens is 3. The third-order valence-electron chi connectivity index (χ3n) is 4.93. The van der Waals surface area contributed by atoms with Crippen molar-refractivity contribution < 1.29 is 37.0 Å². The quantitative estimate of drug-likeness (QED) is 0.395. The molecular formula is C21H18ClF5N4O4. The van der Waals surface area contributed by atoms with Crippen molar-refractivity contribution in [1.29, 1.82) is 0 Å². The molecule has 35 heavy (non-hydrogen) atoms. The number of aliphatic hydroxyl groups is 2. The lowest BCUT2D eigenvalue weighted by atomic mass is 10.1. The Morgan fingerprint density at radius 2 is 1.80 bits per heavy atom. The fourth-order valence-electron chi connectivity index (χ4n) is 3.18. The summed E-state index contributed by atoms with van der Waals surface area (Å²) >= 11 is 5.82. The summed E-state index contributed by atoms with van der Waals surface area (Å²) in [5.74, 6) is -3.75. The molecule has 2 atom stereocenters. The second-order valence-corrected chi connectivity index (χ2v) is 7.82. The van der Waals surface area contributed by atoms with Crippen molar-refractivity contribution in [2.75, 3.05) is 6.61 Å². The molecule has 8 nitrogen and oxygen atoms in total. The Morgan fingerprint density at radius 3 is 2.40 bits per heavy atom. The molecule has 1 heterocycles. The van der Waals surface area contributed by atoms with Gasteiger partial charge in [-0.15, -0.1) is 5.10 Å². The van der Waals surface area contributed by atoms with E-state index in [-0.39, 0.29) is 17.0 Å². The van der Waals surface area contributed by atoms with E-state index in [4.69, 9.17) is 11.6 Å². The largest absolute Gasteiger partial charge is 0.416 e. The van der Waals surface area contributed by atoms with Crippen LogP contribution in [0, 0.1) is 11.6 Å². The molecule has 3 aromatic rings. The topological polar surface area (TPSA) is 109 Å². The van der Waals surface area contributed by atoms with Crippen LogP contribution >= 0.6 is 11.6 Å². The lowest BCUT2D eigenvalue weighted by Crippen LogP contribution is -2.39. The highest BCUT2D eigenvalue weighted by Crippen LogP contribution is 2.24. The second-order valence-electron chi connectivity index (χ2n) is 7.38. The molecule has 1 aromatic heterocycles. The van der Waals surface area contributed by atoms with Crippen molar-refractivity contribution in [3.05, 3.63) is 75.2 Å². The third kappa shape index (κ3) is 6.05. The smallest absolute Gasteiger partial charge is 0.394 e. The van der Waals surface area contributed by atoms with E-state index < -0.39 is 61.2 Å². The van der Waals surface area contributed by atoms with Crippen LogP contribution in [0.4, 0.5) is 22.0 Å². The van der Waals surface area contributed by atoms with Gasteiger partial charge in [-0.1, -0.05) is 23.7 Å². The molecule has 0 aliphatic rings. The summed E-state index contributed by atoms with van der Waals surface area (Å²) in [6.45, 7) is -2.85. The molecule has 0 spiro atoms. The van der Waals surface area contributed by atoms with E-state index in [1.165, 1.54) is 30.3 Å². The van der Waals surface area contributed by atoms with Gasteiger partial charge in [-0.2, -0.15) is 13.2 Å². The van der Waals surface area contributed by atoms with Crippen molar-refractivity contribution in [2.24, 2.45) is 0 Å². The predicted molar refractivity (Wildman–Crippen MR) is 113 cm³/mol. The zero-order valence-corrected chi connectivity index (χ0v) is 18.4. The predicted octanol–water partition coefficient (Wildman–Crippen LogP) is 2.42. The summed E-state index contributed by atoms with van der Waals surface area (Å²) in [5.41, 5.74) is -1.32. The number of halogens is 6. The molecule has 3 N–H and O–H groups in total. The van der Waals surface area contributed by atoms with Gasteiger partial charge in [-0.05, 0) is 30.3 Å². The number of aliphatic hydroxyl groups excluding tert-OH is 2. The number of carbonyl (C=O) groups is 1. The van der Waals surface area contributed by atoms with Crippen molar-refractivity contribution in [3.63, 3.8) is 0 Å². The Morgan fingerprint density at radius 1 is 1.14 bits per heavy atom. The van der Waals surface area contributed by atoms with Gasteiger partial charge in [-0.25, -0.2) is 18.3 Å². The first-order valence-electron chi connectivity index (χ1n) is 9.94. The highest BCUT2D eigenvalue weighted by atomic mass is 35.5. The minimum absolute atomic E-state index is 0.176. The number of hydrogen-bond acceptors (Lipinski definition) is 5. The molecule has 3 rings (SSSR count). The van der Waals surface area contributed by atoms with Crippen LogP contribution < -0.4 is 11.0 Å². The number of hydrogen-bond donors (Lipinski definition) is 3. The lowest BCUT2D eigenvalue weighted by molar-refractivity contribution is -0.207. The molecule has 14 heteroatoms. The Bertz CT molecular complexity index is 1260. The molecule has 2 aromatic carbocycles. The second kappa shape index (κ2) is 10.5. The van der Waals surface area contributed by atoms with Gasteiger partial charge in [0, 0.05) is 16.1 Å². The van der Waals surface area contributed by atoms with Gasteiger partial charge in [0.2, 0.25) is 5.91 Å². The lowest BCUT2D eigenvalue weighted by Gasteiger charge is -2.17. The summed E-state index contributed by atoms with van der Waals surface area (Å²) in [4.78, 5) is 25.3. The number of rotatable bonds is 8. The maximum atomic E-state index is 14.0. The number of alkyl halides is 3. The number of nitrogens with one attached hydrogen (secondary N) is 1. The van der Waals surface area contributed by atoms with E-state index in [1.54, 1.807) is 0 Å². The van der Waals surface area contributed by atoms with E-state index in [0.29, 0.717) is 14.3 Å². The van der Waals surface area contributed by atoms with Gasteiger partial charge in [0.05, 0.1) is 19.2 Å². The van der Waals surface area contributed by atoms with Gasteiger partial charge < -0.3 is 15.5 Å². The zero-order valence-electron chi connectivity index (χ0n) is 17.6. The molecule has 0 fully saturated rings. The highest BCUT2D eigenvalue weighted by Gasteiger charge is 2.39. The van der Waals surface area contributed by atoms with Gasteiger partial charge in [0.1, 0.15) is 6.54 Å². The third-order valence-corrected chi connectivity index (χ3v) is 5.18. The van der Waals surface area contributed by atoms with Gasteiger partial charge in [0.15, 0.2) is 23.6 Å². The molecular weight excluding hydrogens is 503 g/mol. The summed E-state index contributed by atoms with van der Waals surface area (Å²) in [6.07, 6.45) is -7.92. The number of benzene rings is 2. The summed E-state index contributed by atoms with van der Waals surface area (Å²) in [7, 11) is 0. The molecule has 0 saturated carbocycles. The number of nitrogens with zero attached hydrogens (tertiary/aromatic N) is 3. The van der Waals surface area contributed by atoms with Crippen LogP contribution in [0.1, 0.15) is 11.6 Å². The van der Waals surface area contributed by atoms with Crippen molar-refractivity contribution in [2.45, 2.75) is 31.4 Å². The SMILES string of the molecule is O=C(Cn1nc(-c2ccc(Cl)cc2)n(CC(O)C(F)(F)F)c1=O)NC(CO)c1cccc(F)c1F. The van der Waals surface area contributed by atoms with Gasteiger partial charge in [0.25, 0.3) is 0 Å². The Kier molecular flexibility index (Phi) is 7.93. The highest BCUT2D eigenvalue weighted by molar-refractivity contribution is 6.30. The first kappa shape index (κ1) is 26.3. The summed E-state index contributed by atoms with van der Waals surface area (Å²) in [6, 6.07) is 7.32. The Labute approximate surface area is 199 Å². The van der Waals surface area contributed by atoms with Crippen LogP contribution in [0.2, 0.25) is 5.02 Å². The fourth-order valence-corrected chi connectivity index (χ4v) is 3.31. The van der Waals surface area contributed by atoms with Crippen molar-refractivity contribution in [1.82, 2.24) is 19.7 Å². The molecule has 0 radical (unpaired) electrons. The fraction of sp³-hybridized carbons (Fsp3) is 0.286. The summed E-state index contributed by atoms with van der Waals surface area (Å²) < 4.78 is 67.4. The molecule has 0 aliphatic carbocycles. The monoisotopic (exact) mass is 520 g/mol. The first-order valence-corrected chi connectivity index (χ1v) is 10.3. The van der Waals surface area contributed by atoms with Gasteiger partial charge >= 0.3 is 11.9 Å². The molecule has 2 unspecified atom stereocenters. The average Bonchev–Trinajstić information content (AvgIpc) is 3.09. The average molecular weight is 521 g/mol. The number of carbonyl (C=O) groups excluding carboxylic acids is 1.